The quantitative estimate of drug-likeness (QED) is 0.427. The number of hydrogen-bond acceptors (Lipinski definition) is 5. The first kappa shape index (κ1) is 26.1. The molecule has 3 aromatic rings. The van der Waals surface area contributed by atoms with E-state index in [0.717, 1.165) is 38.5 Å². The Hall–Kier alpha value is -3.94. The first-order chi connectivity index (χ1) is 18.1. The molecule has 0 aliphatic carbocycles. The SMILES string of the molecule is CCOc1ccc(NC(=O)c2ccc(NC(=O)CN3CCN(C/C=C/c4ccccc4)CC3)cc2)cc1. The molecule has 2 N–H and O–H groups in total. The number of nitrogens with zero attached hydrogens (tertiary/aromatic N) is 2. The Morgan fingerprint density at radius 3 is 2.11 bits per heavy atom. The summed E-state index contributed by atoms with van der Waals surface area (Å²) in [5, 5.41) is 5.81. The Labute approximate surface area is 218 Å². The lowest BCUT2D eigenvalue weighted by atomic mass is 10.2. The predicted molar refractivity (Wildman–Crippen MR) is 149 cm³/mol. The van der Waals surface area contributed by atoms with Gasteiger partial charge in [0, 0.05) is 49.7 Å². The molecule has 0 aromatic heterocycles. The third-order valence-corrected chi connectivity index (χ3v) is 6.16. The van der Waals surface area contributed by atoms with Crippen molar-refractivity contribution in [1.29, 1.82) is 0 Å². The summed E-state index contributed by atoms with van der Waals surface area (Å²) in [6.45, 7) is 7.37. The predicted octanol–water partition coefficient (Wildman–Crippen LogP) is 4.61. The zero-order valence-electron chi connectivity index (χ0n) is 21.2. The molecule has 1 aliphatic rings. The van der Waals surface area contributed by atoms with Crippen molar-refractivity contribution in [1.82, 2.24) is 9.80 Å². The fourth-order valence-electron chi connectivity index (χ4n) is 4.14. The lowest BCUT2D eigenvalue weighted by molar-refractivity contribution is -0.117. The van der Waals surface area contributed by atoms with Gasteiger partial charge in [-0.3, -0.25) is 19.4 Å². The highest BCUT2D eigenvalue weighted by molar-refractivity contribution is 6.04. The molecule has 4 rings (SSSR count). The van der Waals surface area contributed by atoms with Gasteiger partial charge in [0.25, 0.3) is 5.91 Å². The Morgan fingerprint density at radius 1 is 0.811 bits per heavy atom. The van der Waals surface area contributed by atoms with Crippen LogP contribution in [-0.2, 0) is 4.79 Å². The molecule has 1 saturated heterocycles. The summed E-state index contributed by atoms with van der Waals surface area (Å²) in [5.41, 5.74) is 3.09. The minimum absolute atomic E-state index is 0.0518. The summed E-state index contributed by atoms with van der Waals surface area (Å²) >= 11 is 0. The largest absolute Gasteiger partial charge is 0.494 e. The van der Waals surface area contributed by atoms with Crippen molar-refractivity contribution in [3.8, 4) is 5.75 Å². The standard InChI is InChI=1S/C30H34N4O3/c1-2-37-28-16-14-27(15-17-28)32-30(36)25-10-12-26(13-11-25)31-29(35)23-34-21-19-33(20-22-34)18-6-9-24-7-4-3-5-8-24/h3-17H,2,18-23H2,1H3,(H,31,35)(H,32,36)/b9-6+. The molecular formula is C30H34N4O3. The van der Waals surface area contributed by atoms with E-state index in [1.54, 1.807) is 36.4 Å². The molecule has 0 atom stereocenters. The highest BCUT2D eigenvalue weighted by Gasteiger charge is 2.18. The van der Waals surface area contributed by atoms with Crippen LogP contribution in [0.15, 0.2) is 84.9 Å². The van der Waals surface area contributed by atoms with E-state index < -0.39 is 0 Å². The highest BCUT2D eigenvalue weighted by atomic mass is 16.5. The molecule has 0 spiro atoms. The molecule has 37 heavy (non-hydrogen) atoms. The fraction of sp³-hybridized carbons (Fsp3) is 0.267. The summed E-state index contributed by atoms with van der Waals surface area (Å²) in [7, 11) is 0. The van der Waals surface area contributed by atoms with Crippen molar-refractivity contribution in [2.24, 2.45) is 0 Å². The fourth-order valence-corrected chi connectivity index (χ4v) is 4.14. The Bertz CT molecular complexity index is 1170. The maximum atomic E-state index is 12.6. The van der Waals surface area contributed by atoms with Crippen LogP contribution in [0.4, 0.5) is 11.4 Å². The van der Waals surface area contributed by atoms with Crippen LogP contribution in [0.5, 0.6) is 5.75 Å². The smallest absolute Gasteiger partial charge is 0.255 e. The Kier molecular flexibility index (Phi) is 9.46. The van der Waals surface area contributed by atoms with Gasteiger partial charge in [-0.15, -0.1) is 0 Å². The van der Waals surface area contributed by atoms with Gasteiger partial charge in [0.2, 0.25) is 5.91 Å². The second kappa shape index (κ2) is 13.4. The average molecular weight is 499 g/mol. The summed E-state index contributed by atoms with van der Waals surface area (Å²) < 4.78 is 5.42. The minimum atomic E-state index is -0.210. The normalized spacial score (nSPS) is 14.4. The molecule has 1 fully saturated rings. The molecule has 0 saturated carbocycles. The third kappa shape index (κ3) is 8.31. The number of carbonyl (C=O) groups is 2. The van der Waals surface area contributed by atoms with Gasteiger partial charge in [0.1, 0.15) is 5.75 Å². The van der Waals surface area contributed by atoms with Crippen LogP contribution in [0, 0.1) is 0 Å². The molecule has 0 unspecified atom stereocenters. The van der Waals surface area contributed by atoms with Gasteiger partial charge in [-0.1, -0.05) is 42.5 Å². The number of amides is 2. The molecule has 0 radical (unpaired) electrons. The van der Waals surface area contributed by atoms with Gasteiger partial charge in [-0.05, 0) is 61.0 Å². The summed E-state index contributed by atoms with van der Waals surface area (Å²) in [6, 6.07) is 24.5. The van der Waals surface area contributed by atoms with Crippen LogP contribution in [0.25, 0.3) is 6.08 Å². The van der Waals surface area contributed by atoms with E-state index in [1.807, 2.05) is 37.3 Å². The first-order valence-electron chi connectivity index (χ1n) is 12.7. The second-order valence-corrected chi connectivity index (χ2v) is 8.93. The number of carbonyl (C=O) groups excluding carboxylic acids is 2. The average Bonchev–Trinajstić information content (AvgIpc) is 2.92. The Morgan fingerprint density at radius 2 is 1.43 bits per heavy atom. The van der Waals surface area contributed by atoms with E-state index in [0.29, 0.717) is 30.1 Å². The number of benzene rings is 3. The van der Waals surface area contributed by atoms with E-state index in [-0.39, 0.29) is 11.8 Å². The molecule has 7 nitrogen and oxygen atoms in total. The van der Waals surface area contributed by atoms with Gasteiger partial charge >= 0.3 is 0 Å². The van der Waals surface area contributed by atoms with Gasteiger partial charge in [-0.2, -0.15) is 0 Å². The summed E-state index contributed by atoms with van der Waals surface area (Å²) in [5.74, 6) is 0.501. The van der Waals surface area contributed by atoms with Crippen LogP contribution >= 0.6 is 0 Å². The van der Waals surface area contributed by atoms with Gasteiger partial charge in [0.15, 0.2) is 0 Å². The molecule has 3 aromatic carbocycles. The third-order valence-electron chi connectivity index (χ3n) is 6.16. The van der Waals surface area contributed by atoms with Crippen LogP contribution in [-0.4, -0.2) is 67.5 Å². The summed E-state index contributed by atoms with van der Waals surface area (Å²) in [6.07, 6.45) is 4.34. The van der Waals surface area contributed by atoms with Crippen LogP contribution in [0.1, 0.15) is 22.8 Å². The zero-order chi connectivity index (χ0) is 25.9. The van der Waals surface area contributed by atoms with Crippen LogP contribution in [0.2, 0.25) is 0 Å². The minimum Gasteiger partial charge on any atom is -0.494 e. The number of ether oxygens (including phenoxy) is 1. The van der Waals surface area contributed by atoms with Crippen LogP contribution < -0.4 is 15.4 Å². The molecule has 192 valence electrons. The van der Waals surface area contributed by atoms with Crippen molar-refractivity contribution in [3.05, 3.63) is 96.1 Å². The van der Waals surface area contributed by atoms with Crippen molar-refractivity contribution in [2.45, 2.75) is 6.92 Å². The van der Waals surface area contributed by atoms with Crippen molar-refractivity contribution < 1.29 is 14.3 Å². The molecule has 1 aliphatic heterocycles. The lowest BCUT2D eigenvalue weighted by Crippen LogP contribution is -2.48. The van der Waals surface area contributed by atoms with E-state index in [9.17, 15) is 9.59 Å². The lowest BCUT2D eigenvalue weighted by Gasteiger charge is -2.33. The van der Waals surface area contributed by atoms with Gasteiger partial charge in [0.05, 0.1) is 13.2 Å². The molecule has 0 bridgehead atoms. The summed E-state index contributed by atoms with van der Waals surface area (Å²) in [4.78, 5) is 29.7. The van der Waals surface area contributed by atoms with E-state index in [2.05, 4.69) is 44.7 Å². The zero-order valence-corrected chi connectivity index (χ0v) is 21.2. The van der Waals surface area contributed by atoms with Crippen molar-refractivity contribution in [2.75, 3.05) is 56.5 Å². The maximum Gasteiger partial charge on any atom is 0.255 e. The number of hydrogen-bond donors (Lipinski definition) is 2. The van der Waals surface area contributed by atoms with Gasteiger partial charge in [-0.25, -0.2) is 0 Å². The van der Waals surface area contributed by atoms with E-state index in [4.69, 9.17) is 4.74 Å². The number of rotatable bonds is 10. The molecule has 2 amide bonds. The van der Waals surface area contributed by atoms with E-state index >= 15 is 0 Å². The van der Waals surface area contributed by atoms with E-state index in [1.165, 1.54) is 5.56 Å². The van der Waals surface area contributed by atoms with Crippen LogP contribution in [0.3, 0.4) is 0 Å². The number of nitrogens with one attached hydrogen (secondary N) is 2. The van der Waals surface area contributed by atoms with Crippen molar-refractivity contribution >= 4 is 29.3 Å². The monoisotopic (exact) mass is 498 g/mol. The molecular weight excluding hydrogens is 464 g/mol. The molecule has 7 heteroatoms. The van der Waals surface area contributed by atoms with Crippen molar-refractivity contribution in [3.63, 3.8) is 0 Å². The number of anilines is 2. The maximum absolute atomic E-state index is 12.6. The topological polar surface area (TPSA) is 73.9 Å². The Balaban J connectivity index is 1.17. The van der Waals surface area contributed by atoms with Gasteiger partial charge < -0.3 is 15.4 Å². The second-order valence-electron chi connectivity index (χ2n) is 8.93. The molecule has 1 heterocycles. The number of piperazine rings is 1. The highest BCUT2D eigenvalue weighted by Crippen LogP contribution is 2.17. The first-order valence-corrected chi connectivity index (χ1v) is 12.7.